The van der Waals surface area contributed by atoms with Gasteiger partial charge in [0.05, 0.1) is 0 Å². The van der Waals surface area contributed by atoms with Crippen LogP contribution < -0.4 is 0 Å². The number of nitrogens with zero attached hydrogens (tertiary/aromatic N) is 1. The molecule has 0 aliphatic carbocycles. The van der Waals surface area contributed by atoms with Crippen LogP contribution in [0.1, 0.15) is 47.5 Å². The average Bonchev–Trinajstić information content (AvgIpc) is 1.80. The Labute approximate surface area is 107 Å². The summed E-state index contributed by atoms with van der Waals surface area (Å²) in [4.78, 5) is 0. The van der Waals surface area contributed by atoms with E-state index in [2.05, 4.69) is 6.92 Å². The van der Waals surface area contributed by atoms with Gasteiger partial charge in [0.2, 0.25) is 0 Å². The number of hydrogen-bond acceptors (Lipinski definition) is 1. The van der Waals surface area contributed by atoms with E-state index < -0.39 is 0 Å². The van der Waals surface area contributed by atoms with Crippen LogP contribution in [0.5, 0.6) is 0 Å². The Kier molecular flexibility index (Phi) is 4.60. The van der Waals surface area contributed by atoms with Crippen molar-refractivity contribution in [2.24, 2.45) is 0 Å². The molecule has 1 saturated heterocycles. The van der Waals surface area contributed by atoms with Crippen molar-refractivity contribution in [3.63, 3.8) is 0 Å². The van der Waals surface area contributed by atoms with Crippen molar-refractivity contribution >= 4 is 0 Å². The molecule has 1 aliphatic rings. The molecule has 0 unspecified atom stereocenters. The van der Waals surface area contributed by atoms with Gasteiger partial charge in [-0.25, -0.2) is 0 Å². The second-order valence-corrected chi connectivity index (χ2v) is 5.23. The fourth-order valence-corrected chi connectivity index (χ4v) is 2.50. The summed E-state index contributed by atoms with van der Waals surface area (Å²) < 4.78 is 0. The minimum Gasteiger partial charge on any atom is -0.313 e. The van der Waals surface area contributed by atoms with E-state index in [-0.39, 0.29) is 43.8 Å². The largest absolute Gasteiger partial charge is 0.313 e. The smallest absolute Gasteiger partial charge is 0.0177 e. The maximum Gasteiger partial charge on any atom is 0.0177 e. The molecule has 0 aromatic rings. The van der Waals surface area contributed by atoms with E-state index >= 15 is 0 Å². The SMILES string of the molecule is C[C-]1CC(C)(C)N([O])C(C)(C)C1.[Y]. The van der Waals surface area contributed by atoms with Crippen molar-refractivity contribution in [2.45, 2.75) is 58.5 Å². The topological polar surface area (TPSA) is 23.1 Å². The molecule has 1 aliphatic heterocycles. The molecule has 0 N–H and O–H groups in total. The Morgan fingerprint density at radius 3 is 1.69 bits per heavy atom. The van der Waals surface area contributed by atoms with Crippen molar-refractivity contribution in [1.82, 2.24) is 5.06 Å². The molecule has 2 radical (unpaired) electrons. The molecule has 74 valence electrons. The van der Waals surface area contributed by atoms with Gasteiger partial charge in [-0.15, -0.1) is 10.3 Å². The molecule has 13 heavy (non-hydrogen) atoms. The van der Waals surface area contributed by atoms with Gasteiger partial charge in [0.25, 0.3) is 0 Å². The van der Waals surface area contributed by atoms with Gasteiger partial charge in [0.1, 0.15) is 0 Å². The number of hydroxylamine groups is 2. The van der Waals surface area contributed by atoms with Crippen LogP contribution in [0.2, 0.25) is 0 Å². The van der Waals surface area contributed by atoms with Gasteiger partial charge >= 0.3 is 0 Å². The summed E-state index contributed by atoms with van der Waals surface area (Å²) in [6.07, 6.45) is 1.86. The van der Waals surface area contributed by atoms with Crippen molar-refractivity contribution < 1.29 is 37.9 Å². The van der Waals surface area contributed by atoms with Crippen LogP contribution in [-0.4, -0.2) is 16.1 Å². The molecule has 0 bridgehead atoms. The number of hydrogen-bond donors (Lipinski definition) is 0. The summed E-state index contributed by atoms with van der Waals surface area (Å²) in [5.41, 5.74) is -0.433. The average molecular weight is 258 g/mol. The van der Waals surface area contributed by atoms with Gasteiger partial charge in [-0.05, 0) is 27.7 Å². The monoisotopic (exact) mass is 258 g/mol. The molecule has 0 aromatic carbocycles. The van der Waals surface area contributed by atoms with Gasteiger partial charge in [0, 0.05) is 43.8 Å². The standard InChI is InChI=1S/C10H19NO.Y/c1-8-6-9(2,3)11(12)10(4,5)7-8;/h6-7H2,1-5H3;/q-1;. The van der Waals surface area contributed by atoms with Crippen LogP contribution in [0, 0.1) is 5.92 Å². The third-order valence-corrected chi connectivity index (χ3v) is 2.57. The van der Waals surface area contributed by atoms with E-state index in [0.717, 1.165) is 12.8 Å². The number of piperidine rings is 1. The normalized spacial score (nSPS) is 28.2. The minimum absolute atomic E-state index is 0. The van der Waals surface area contributed by atoms with Gasteiger partial charge in [-0.2, -0.15) is 19.8 Å². The first-order chi connectivity index (χ1) is 5.26. The van der Waals surface area contributed by atoms with E-state index in [9.17, 15) is 5.21 Å². The second-order valence-electron chi connectivity index (χ2n) is 5.23. The van der Waals surface area contributed by atoms with E-state index in [1.165, 1.54) is 11.0 Å². The van der Waals surface area contributed by atoms with E-state index in [1.807, 2.05) is 27.7 Å². The van der Waals surface area contributed by atoms with Gasteiger partial charge in [-0.1, -0.05) is 0 Å². The molecular formula is C10H19NOY-. The zero-order valence-corrected chi connectivity index (χ0v) is 12.2. The Hall–Kier alpha value is 1.02. The Bertz CT molecular complexity index is 162. The quantitative estimate of drug-likeness (QED) is 0.612. The summed E-state index contributed by atoms with van der Waals surface area (Å²) in [6.45, 7) is 10.2. The molecule has 1 fully saturated rings. The van der Waals surface area contributed by atoms with Gasteiger partial charge in [0.15, 0.2) is 0 Å². The summed E-state index contributed by atoms with van der Waals surface area (Å²) in [7, 11) is 0. The Morgan fingerprint density at radius 1 is 1.08 bits per heavy atom. The Morgan fingerprint density at radius 2 is 1.38 bits per heavy atom. The van der Waals surface area contributed by atoms with Crippen LogP contribution in [0.4, 0.5) is 0 Å². The molecular weight excluding hydrogens is 239 g/mol. The number of rotatable bonds is 0. The second kappa shape index (κ2) is 4.26. The molecule has 1 rings (SSSR count). The van der Waals surface area contributed by atoms with Gasteiger partial charge in [-0.3, -0.25) is 0 Å². The predicted molar refractivity (Wildman–Crippen MR) is 48.8 cm³/mol. The van der Waals surface area contributed by atoms with Crippen molar-refractivity contribution in [3.8, 4) is 0 Å². The van der Waals surface area contributed by atoms with Crippen LogP contribution in [0.15, 0.2) is 0 Å². The third-order valence-electron chi connectivity index (χ3n) is 2.57. The maximum absolute atomic E-state index is 11.8. The van der Waals surface area contributed by atoms with Crippen LogP contribution in [0.25, 0.3) is 0 Å². The van der Waals surface area contributed by atoms with Crippen LogP contribution in [0.3, 0.4) is 0 Å². The molecule has 2 nitrogen and oxygen atoms in total. The maximum atomic E-state index is 11.8. The summed E-state index contributed by atoms with van der Waals surface area (Å²) >= 11 is 0. The fraction of sp³-hybridized carbons (Fsp3) is 0.900. The van der Waals surface area contributed by atoms with E-state index in [4.69, 9.17) is 0 Å². The first-order valence-corrected chi connectivity index (χ1v) is 4.54. The molecule has 0 amide bonds. The zero-order chi connectivity index (χ0) is 9.57. The summed E-state index contributed by atoms with van der Waals surface area (Å²) in [6, 6.07) is 0. The first-order valence-electron chi connectivity index (χ1n) is 4.54. The van der Waals surface area contributed by atoms with Crippen molar-refractivity contribution in [1.29, 1.82) is 0 Å². The van der Waals surface area contributed by atoms with Crippen LogP contribution >= 0.6 is 0 Å². The molecule has 0 aromatic heterocycles. The molecule has 3 heteroatoms. The third kappa shape index (κ3) is 2.99. The fourth-order valence-electron chi connectivity index (χ4n) is 2.50. The predicted octanol–water partition coefficient (Wildman–Crippen LogP) is 2.58. The van der Waals surface area contributed by atoms with Crippen molar-refractivity contribution in [2.75, 3.05) is 0 Å². The van der Waals surface area contributed by atoms with E-state index in [1.54, 1.807) is 0 Å². The summed E-state index contributed by atoms with van der Waals surface area (Å²) in [5, 5.41) is 13.1. The Balaban J connectivity index is 0.00000144. The van der Waals surface area contributed by atoms with Crippen molar-refractivity contribution in [3.05, 3.63) is 5.92 Å². The minimum atomic E-state index is -0.216. The molecule has 0 spiro atoms. The molecule has 0 saturated carbocycles. The summed E-state index contributed by atoms with van der Waals surface area (Å²) in [5.74, 6) is 1.44. The molecule has 0 atom stereocenters. The van der Waals surface area contributed by atoms with Crippen LogP contribution in [-0.2, 0) is 37.9 Å². The van der Waals surface area contributed by atoms with E-state index in [0.29, 0.717) is 0 Å². The first kappa shape index (κ1) is 14.0. The molecule has 1 heterocycles. The zero-order valence-electron chi connectivity index (χ0n) is 9.35. The van der Waals surface area contributed by atoms with Gasteiger partial charge < -0.3 is 5.92 Å².